The maximum Gasteiger partial charge on any atom is 0.278 e. The predicted molar refractivity (Wildman–Crippen MR) is 139 cm³/mol. The zero-order valence-corrected chi connectivity index (χ0v) is 21.1. The van der Waals surface area contributed by atoms with Gasteiger partial charge in [-0.25, -0.2) is 13.8 Å². The van der Waals surface area contributed by atoms with Crippen LogP contribution >= 0.6 is 11.3 Å². The van der Waals surface area contributed by atoms with Gasteiger partial charge in [0.15, 0.2) is 11.6 Å². The third-order valence-electron chi connectivity index (χ3n) is 5.97. The Hall–Kier alpha value is -4.11. The van der Waals surface area contributed by atoms with Crippen LogP contribution in [0.4, 0.5) is 8.78 Å². The second-order valence-electron chi connectivity index (χ2n) is 8.87. The van der Waals surface area contributed by atoms with Crippen molar-refractivity contribution in [1.82, 2.24) is 19.9 Å². The van der Waals surface area contributed by atoms with Crippen LogP contribution in [-0.4, -0.2) is 20.4 Å². The van der Waals surface area contributed by atoms with Crippen molar-refractivity contribution < 1.29 is 18.3 Å². The number of ether oxygens (including phenoxy) is 1. The fraction of sp³-hybridized carbons (Fsp3) is 0.179. The molecule has 0 spiro atoms. The molecule has 0 aliphatic rings. The van der Waals surface area contributed by atoms with E-state index in [0.29, 0.717) is 28.6 Å². The Morgan fingerprint density at radius 3 is 2.65 bits per heavy atom. The van der Waals surface area contributed by atoms with Gasteiger partial charge in [0, 0.05) is 54.2 Å². The number of carbonyl (C=O) groups is 1. The standard InChI is InChI=1S/C28H24F2N4O2S/c1-17(2)26-25(27(35)33-15-18-5-8-22(29)23(30)12-18)21-7-6-20(36-28-32-10-11-37-28)13-24(21)34(26)16-19-4-3-9-31-14-19/h3-14,17H,15-16H2,1-2H3,(H,33,35). The SMILES string of the molecule is CC(C)c1c(C(=O)NCc2ccc(F)c(F)c2)c2ccc(Oc3nccs3)cc2n1Cc1cccnc1. The van der Waals surface area contributed by atoms with E-state index < -0.39 is 11.6 Å². The van der Waals surface area contributed by atoms with E-state index in [0.717, 1.165) is 34.3 Å². The minimum Gasteiger partial charge on any atom is -0.431 e. The van der Waals surface area contributed by atoms with Crippen LogP contribution in [0.15, 0.2) is 72.5 Å². The molecule has 0 bridgehead atoms. The quantitative estimate of drug-likeness (QED) is 0.249. The van der Waals surface area contributed by atoms with Crippen molar-refractivity contribution in [2.45, 2.75) is 32.9 Å². The van der Waals surface area contributed by atoms with Gasteiger partial charge in [-0.3, -0.25) is 9.78 Å². The lowest BCUT2D eigenvalue weighted by Gasteiger charge is -2.15. The first-order valence-electron chi connectivity index (χ1n) is 11.7. The van der Waals surface area contributed by atoms with Crippen LogP contribution in [-0.2, 0) is 13.1 Å². The molecule has 0 aliphatic carbocycles. The third kappa shape index (κ3) is 5.22. The van der Waals surface area contributed by atoms with Gasteiger partial charge in [0.25, 0.3) is 11.1 Å². The van der Waals surface area contributed by atoms with Gasteiger partial charge in [0.05, 0.1) is 11.1 Å². The van der Waals surface area contributed by atoms with E-state index in [9.17, 15) is 13.6 Å². The Labute approximate surface area is 216 Å². The highest BCUT2D eigenvalue weighted by Crippen LogP contribution is 2.35. The van der Waals surface area contributed by atoms with E-state index in [1.807, 2.05) is 49.6 Å². The number of rotatable bonds is 8. The lowest BCUT2D eigenvalue weighted by atomic mass is 10.0. The van der Waals surface area contributed by atoms with Gasteiger partial charge in [-0.2, -0.15) is 0 Å². The minimum absolute atomic E-state index is 0.0106. The van der Waals surface area contributed by atoms with E-state index in [1.54, 1.807) is 18.6 Å². The van der Waals surface area contributed by atoms with Crippen LogP contribution in [0.1, 0.15) is 46.9 Å². The number of aromatic nitrogens is 3. The fourth-order valence-electron chi connectivity index (χ4n) is 4.38. The number of halogens is 2. The van der Waals surface area contributed by atoms with Crippen molar-refractivity contribution in [3.05, 3.63) is 107 Å². The van der Waals surface area contributed by atoms with Gasteiger partial charge in [-0.1, -0.05) is 37.3 Å². The highest BCUT2D eigenvalue weighted by atomic mass is 32.1. The van der Waals surface area contributed by atoms with Crippen LogP contribution in [0.5, 0.6) is 10.9 Å². The summed E-state index contributed by atoms with van der Waals surface area (Å²) in [5.74, 6) is -1.55. The molecule has 9 heteroatoms. The summed E-state index contributed by atoms with van der Waals surface area (Å²) in [6.07, 6.45) is 5.20. The summed E-state index contributed by atoms with van der Waals surface area (Å²) in [5.41, 5.74) is 3.68. The molecule has 0 saturated heterocycles. The fourth-order valence-corrected chi connectivity index (χ4v) is 4.88. The molecule has 0 saturated carbocycles. The molecule has 6 nitrogen and oxygen atoms in total. The van der Waals surface area contributed by atoms with E-state index in [-0.39, 0.29) is 18.4 Å². The van der Waals surface area contributed by atoms with Crippen LogP contribution in [0.3, 0.4) is 0 Å². The molecule has 1 N–H and O–H groups in total. The molecule has 2 aromatic carbocycles. The van der Waals surface area contributed by atoms with Crippen molar-refractivity contribution in [1.29, 1.82) is 0 Å². The van der Waals surface area contributed by atoms with Crippen LogP contribution in [0.25, 0.3) is 10.9 Å². The average molecular weight is 519 g/mol. The number of fused-ring (bicyclic) bond motifs is 1. The zero-order valence-electron chi connectivity index (χ0n) is 20.2. The monoisotopic (exact) mass is 518 g/mol. The van der Waals surface area contributed by atoms with Gasteiger partial charge in [-0.15, -0.1) is 0 Å². The molecule has 0 atom stereocenters. The summed E-state index contributed by atoms with van der Waals surface area (Å²) in [6.45, 7) is 4.64. The van der Waals surface area contributed by atoms with E-state index in [2.05, 4.69) is 19.9 Å². The summed E-state index contributed by atoms with van der Waals surface area (Å²) in [6, 6.07) is 13.1. The van der Waals surface area contributed by atoms with Crippen molar-refractivity contribution in [2.24, 2.45) is 0 Å². The van der Waals surface area contributed by atoms with Gasteiger partial charge in [-0.05, 0) is 47.4 Å². The topological polar surface area (TPSA) is 69.0 Å². The number of thiazole rings is 1. The number of nitrogens with zero attached hydrogens (tertiary/aromatic N) is 3. The number of amides is 1. The number of hydrogen-bond acceptors (Lipinski definition) is 5. The minimum atomic E-state index is -0.949. The Kier molecular flexibility index (Phi) is 6.96. The first kappa shape index (κ1) is 24.6. The summed E-state index contributed by atoms with van der Waals surface area (Å²) >= 11 is 1.39. The van der Waals surface area contributed by atoms with Gasteiger partial charge in [0.2, 0.25) is 0 Å². The van der Waals surface area contributed by atoms with Gasteiger partial charge < -0.3 is 14.6 Å². The Balaban J connectivity index is 1.57. The lowest BCUT2D eigenvalue weighted by Crippen LogP contribution is -2.24. The van der Waals surface area contributed by atoms with Crippen LogP contribution in [0, 0.1) is 11.6 Å². The smallest absolute Gasteiger partial charge is 0.278 e. The lowest BCUT2D eigenvalue weighted by molar-refractivity contribution is 0.0951. The number of nitrogens with one attached hydrogen (secondary N) is 1. The predicted octanol–water partition coefficient (Wildman–Crippen LogP) is 6.67. The molecule has 0 fully saturated rings. The highest BCUT2D eigenvalue weighted by molar-refractivity contribution is 7.11. The molecule has 188 valence electrons. The summed E-state index contributed by atoms with van der Waals surface area (Å²) < 4.78 is 35.1. The molecule has 0 unspecified atom stereocenters. The van der Waals surface area contributed by atoms with E-state index in [1.165, 1.54) is 17.4 Å². The van der Waals surface area contributed by atoms with Crippen molar-refractivity contribution >= 4 is 28.1 Å². The first-order valence-corrected chi connectivity index (χ1v) is 12.6. The van der Waals surface area contributed by atoms with Crippen molar-refractivity contribution in [3.63, 3.8) is 0 Å². The number of hydrogen-bond donors (Lipinski definition) is 1. The molecule has 5 rings (SSSR count). The molecule has 3 aromatic heterocycles. The maximum atomic E-state index is 13.7. The molecular formula is C28H24F2N4O2S. The second-order valence-corrected chi connectivity index (χ2v) is 9.73. The van der Waals surface area contributed by atoms with E-state index in [4.69, 9.17) is 4.74 Å². The maximum absolute atomic E-state index is 13.7. The number of carbonyl (C=O) groups excluding carboxylic acids is 1. The molecular weight excluding hydrogens is 494 g/mol. The largest absolute Gasteiger partial charge is 0.431 e. The normalized spacial score (nSPS) is 11.3. The Bertz CT molecular complexity index is 1550. The van der Waals surface area contributed by atoms with Gasteiger partial charge >= 0.3 is 0 Å². The van der Waals surface area contributed by atoms with Crippen LogP contribution < -0.4 is 10.1 Å². The molecule has 5 aromatic rings. The molecule has 37 heavy (non-hydrogen) atoms. The Morgan fingerprint density at radius 1 is 1.08 bits per heavy atom. The molecule has 0 aliphatic heterocycles. The van der Waals surface area contributed by atoms with Crippen molar-refractivity contribution in [3.8, 4) is 10.9 Å². The Morgan fingerprint density at radius 2 is 1.95 bits per heavy atom. The highest BCUT2D eigenvalue weighted by Gasteiger charge is 2.25. The van der Waals surface area contributed by atoms with Crippen LogP contribution in [0.2, 0.25) is 0 Å². The first-order chi connectivity index (χ1) is 17.9. The zero-order chi connectivity index (χ0) is 25.9. The summed E-state index contributed by atoms with van der Waals surface area (Å²) in [7, 11) is 0. The summed E-state index contributed by atoms with van der Waals surface area (Å²) in [5, 5.41) is 6.01. The number of pyridine rings is 1. The third-order valence-corrected chi connectivity index (χ3v) is 6.61. The average Bonchev–Trinajstić information content (AvgIpc) is 3.51. The molecule has 0 radical (unpaired) electrons. The van der Waals surface area contributed by atoms with E-state index >= 15 is 0 Å². The summed E-state index contributed by atoms with van der Waals surface area (Å²) in [4.78, 5) is 22.0. The second kappa shape index (κ2) is 10.5. The molecule has 1 amide bonds. The van der Waals surface area contributed by atoms with Gasteiger partial charge in [0.1, 0.15) is 5.75 Å². The number of benzene rings is 2. The molecule has 3 heterocycles. The van der Waals surface area contributed by atoms with Crippen molar-refractivity contribution in [2.75, 3.05) is 0 Å².